The zero-order valence-electron chi connectivity index (χ0n) is 10.1. The lowest BCUT2D eigenvalue weighted by Crippen LogP contribution is -2.35. The first kappa shape index (κ1) is 12.1. The molecule has 92 valence electrons. The maximum absolute atomic E-state index is 10.9. The summed E-state index contributed by atoms with van der Waals surface area (Å²) in [5.74, 6) is -0.486. The van der Waals surface area contributed by atoms with Gasteiger partial charge in [-0.25, -0.2) is 0 Å². The van der Waals surface area contributed by atoms with Gasteiger partial charge in [-0.05, 0) is 43.4 Å². The van der Waals surface area contributed by atoms with Crippen molar-refractivity contribution in [1.29, 1.82) is 0 Å². The van der Waals surface area contributed by atoms with E-state index >= 15 is 0 Å². The lowest BCUT2D eigenvalue weighted by Gasteiger charge is -2.33. The van der Waals surface area contributed by atoms with Crippen molar-refractivity contribution < 1.29 is 9.90 Å². The van der Waals surface area contributed by atoms with Crippen LogP contribution in [-0.2, 0) is 4.79 Å². The van der Waals surface area contributed by atoms with Gasteiger partial charge in [-0.3, -0.25) is 4.79 Å². The van der Waals surface area contributed by atoms with Crippen molar-refractivity contribution in [3.05, 3.63) is 35.4 Å². The molecule has 0 spiro atoms. The van der Waals surface area contributed by atoms with Crippen molar-refractivity contribution in [2.75, 3.05) is 6.54 Å². The Bertz CT molecular complexity index is 403. The molecule has 0 saturated carbocycles. The predicted octanol–water partition coefficient (Wildman–Crippen LogP) is 2.51. The fraction of sp³-hybridized carbons (Fsp3) is 0.500. The molecule has 1 saturated heterocycles. The molecular weight excluding hydrogens is 214 g/mol. The molecule has 0 unspecified atom stereocenters. The molecule has 1 aliphatic heterocycles. The number of aryl methyl sites for hydroxylation is 1. The van der Waals surface area contributed by atoms with Gasteiger partial charge in [0.1, 0.15) is 0 Å². The third-order valence-electron chi connectivity index (χ3n) is 3.55. The Kier molecular flexibility index (Phi) is 3.79. The monoisotopic (exact) mass is 233 g/mol. The molecule has 3 heteroatoms. The highest BCUT2D eigenvalue weighted by Gasteiger charge is 2.28. The number of piperidine rings is 1. The lowest BCUT2D eigenvalue weighted by molar-refractivity contribution is -0.138. The summed E-state index contributed by atoms with van der Waals surface area (Å²) >= 11 is 0. The fourth-order valence-electron chi connectivity index (χ4n) is 2.70. The number of carboxylic acid groups (broad SMARTS) is 1. The normalized spacial score (nSPS) is 24.5. The molecule has 1 aromatic rings. The first-order valence-corrected chi connectivity index (χ1v) is 6.19. The second-order valence-corrected chi connectivity index (χ2v) is 4.79. The molecule has 1 fully saturated rings. The lowest BCUT2D eigenvalue weighted by atomic mass is 9.82. The zero-order valence-corrected chi connectivity index (χ0v) is 10.1. The van der Waals surface area contributed by atoms with E-state index in [9.17, 15) is 4.79 Å². The van der Waals surface area contributed by atoms with Gasteiger partial charge in [0, 0.05) is 12.5 Å². The summed E-state index contributed by atoms with van der Waals surface area (Å²) in [6.07, 6.45) is 2.32. The number of hydrogen-bond acceptors (Lipinski definition) is 2. The summed E-state index contributed by atoms with van der Waals surface area (Å²) in [6.45, 7) is 3.07. The molecule has 3 nitrogen and oxygen atoms in total. The minimum atomic E-state index is -0.697. The topological polar surface area (TPSA) is 49.3 Å². The summed E-state index contributed by atoms with van der Waals surface area (Å²) in [6, 6.07) is 8.43. The first-order valence-electron chi connectivity index (χ1n) is 6.19. The van der Waals surface area contributed by atoms with Crippen LogP contribution in [0.5, 0.6) is 0 Å². The SMILES string of the molecule is Cc1ccccc1[C@H]1NCCC[C@@H]1CC(=O)O. The molecule has 1 heterocycles. The van der Waals surface area contributed by atoms with Crippen LogP contribution in [0.1, 0.15) is 36.4 Å². The first-order chi connectivity index (χ1) is 8.18. The maximum atomic E-state index is 10.9. The molecule has 2 atom stereocenters. The van der Waals surface area contributed by atoms with Gasteiger partial charge in [0.2, 0.25) is 0 Å². The highest BCUT2D eigenvalue weighted by Crippen LogP contribution is 2.33. The molecule has 0 amide bonds. The quantitative estimate of drug-likeness (QED) is 0.843. The van der Waals surface area contributed by atoms with Gasteiger partial charge in [0.15, 0.2) is 0 Å². The zero-order chi connectivity index (χ0) is 12.3. The van der Waals surface area contributed by atoms with E-state index in [0.717, 1.165) is 19.4 Å². The molecule has 17 heavy (non-hydrogen) atoms. The number of aliphatic carboxylic acids is 1. The van der Waals surface area contributed by atoms with Crippen LogP contribution in [0.25, 0.3) is 0 Å². The molecule has 2 rings (SSSR count). The Morgan fingerprint density at radius 2 is 2.24 bits per heavy atom. The van der Waals surface area contributed by atoms with Gasteiger partial charge in [-0.2, -0.15) is 0 Å². The summed E-state index contributed by atoms with van der Waals surface area (Å²) in [7, 11) is 0. The van der Waals surface area contributed by atoms with Crippen molar-refractivity contribution >= 4 is 5.97 Å². The smallest absolute Gasteiger partial charge is 0.303 e. The van der Waals surface area contributed by atoms with Gasteiger partial charge < -0.3 is 10.4 Å². The Morgan fingerprint density at radius 3 is 2.94 bits per heavy atom. The third-order valence-corrected chi connectivity index (χ3v) is 3.55. The molecular formula is C14H19NO2. The third kappa shape index (κ3) is 2.86. The van der Waals surface area contributed by atoms with E-state index in [1.165, 1.54) is 11.1 Å². The Hall–Kier alpha value is -1.35. The number of rotatable bonds is 3. The van der Waals surface area contributed by atoms with E-state index in [4.69, 9.17) is 5.11 Å². The number of hydrogen-bond donors (Lipinski definition) is 2. The van der Waals surface area contributed by atoms with Crippen LogP contribution in [0.2, 0.25) is 0 Å². The molecule has 0 radical (unpaired) electrons. The van der Waals surface area contributed by atoms with Crippen LogP contribution in [0, 0.1) is 12.8 Å². The Balaban J connectivity index is 2.21. The van der Waals surface area contributed by atoms with Crippen LogP contribution in [0.4, 0.5) is 0 Å². The average Bonchev–Trinajstić information content (AvgIpc) is 2.30. The van der Waals surface area contributed by atoms with Crippen molar-refractivity contribution in [2.24, 2.45) is 5.92 Å². The minimum absolute atomic E-state index is 0.195. The molecule has 1 aliphatic rings. The van der Waals surface area contributed by atoms with Crippen LogP contribution in [0.15, 0.2) is 24.3 Å². The molecule has 0 aromatic heterocycles. The van der Waals surface area contributed by atoms with E-state index in [0.29, 0.717) is 0 Å². The van der Waals surface area contributed by atoms with E-state index in [1.54, 1.807) is 0 Å². The van der Waals surface area contributed by atoms with E-state index < -0.39 is 5.97 Å². The summed E-state index contributed by atoms with van der Waals surface area (Å²) in [5, 5.41) is 12.4. The van der Waals surface area contributed by atoms with Crippen molar-refractivity contribution in [3.63, 3.8) is 0 Å². The predicted molar refractivity (Wildman–Crippen MR) is 66.9 cm³/mol. The fourth-order valence-corrected chi connectivity index (χ4v) is 2.70. The second-order valence-electron chi connectivity index (χ2n) is 4.79. The average molecular weight is 233 g/mol. The van der Waals surface area contributed by atoms with Gasteiger partial charge in [0.05, 0.1) is 0 Å². The standard InChI is InChI=1S/C14H19NO2/c1-10-5-2-3-7-12(10)14-11(9-13(16)17)6-4-8-15-14/h2-3,5,7,11,14-15H,4,6,8-9H2,1H3,(H,16,17)/t11-,14+/m1/s1. The molecule has 1 aromatic carbocycles. The van der Waals surface area contributed by atoms with Crippen LogP contribution >= 0.6 is 0 Å². The largest absolute Gasteiger partial charge is 0.481 e. The van der Waals surface area contributed by atoms with E-state index in [-0.39, 0.29) is 18.4 Å². The van der Waals surface area contributed by atoms with Gasteiger partial charge in [-0.15, -0.1) is 0 Å². The van der Waals surface area contributed by atoms with Crippen LogP contribution in [0.3, 0.4) is 0 Å². The minimum Gasteiger partial charge on any atom is -0.481 e. The van der Waals surface area contributed by atoms with Crippen molar-refractivity contribution in [3.8, 4) is 0 Å². The van der Waals surface area contributed by atoms with Crippen molar-refractivity contribution in [1.82, 2.24) is 5.32 Å². The number of carbonyl (C=O) groups is 1. The second kappa shape index (κ2) is 5.32. The maximum Gasteiger partial charge on any atom is 0.303 e. The number of carboxylic acids is 1. The summed E-state index contributed by atoms with van der Waals surface area (Å²) < 4.78 is 0. The summed E-state index contributed by atoms with van der Waals surface area (Å²) in [4.78, 5) is 10.9. The number of benzene rings is 1. The highest BCUT2D eigenvalue weighted by molar-refractivity contribution is 5.67. The summed E-state index contributed by atoms with van der Waals surface area (Å²) in [5.41, 5.74) is 2.49. The molecule has 0 aliphatic carbocycles. The Labute approximate surface area is 102 Å². The molecule has 2 N–H and O–H groups in total. The van der Waals surface area contributed by atoms with Crippen molar-refractivity contribution in [2.45, 2.75) is 32.2 Å². The molecule has 0 bridgehead atoms. The highest BCUT2D eigenvalue weighted by atomic mass is 16.4. The number of nitrogens with one attached hydrogen (secondary N) is 1. The van der Waals surface area contributed by atoms with Gasteiger partial charge in [0.25, 0.3) is 0 Å². The Morgan fingerprint density at radius 1 is 1.47 bits per heavy atom. The van der Waals surface area contributed by atoms with E-state index in [1.807, 2.05) is 12.1 Å². The van der Waals surface area contributed by atoms with E-state index in [2.05, 4.69) is 24.4 Å². The van der Waals surface area contributed by atoms with Crippen LogP contribution < -0.4 is 5.32 Å². The van der Waals surface area contributed by atoms with Gasteiger partial charge in [-0.1, -0.05) is 24.3 Å². The van der Waals surface area contributed by atoms with Gasteiger partial charge >= 0.3 is 5.97 Å². The van der Waals surface area contributed by atoms with Crippen LogP contribution in [-0.4, -0.2) is 17.6 Å².